The Balaban J connectivity index is 1.13. The summed E-state index contributed by atoms with van der Waals surface area (Å²) < 4.78 is 1.02. The zero-order chi connectivity index (χ0) is 32.8. The normalized spacial score (nSPS) is 24.6. The first-order valence-electron chi connectivity index (χ1n) is 17.3. The summed E-state index contributed by atoms with van der Waals surface area (Å²) in [6, 6.07) is 18.4. The molecule has 6 N–H and O–H groups in total. The summed E-state index contributed by atoms with van der Waals surface area (Å²) in [7, 11) is 0. The van der Waals surface area contributed by atoms with Crippen molar-refractivity contribution in [1.82, 2.24) is 21.3 Å². The van der Waals surface area contributed by atoms with Crippen LogP contribution in [0, 0.1) is 5.92 Å². The fraction of sp³-hybridized carbons (Fsp3) is 0.514. The molecule has 3 saturated carbocycles. The highest BCUT2D eigenvalue weighted by Gasteiger charge is 2.43. The Morgan fingerprint density at radius 1 is 0.851 bits per heavy atom. The third-order valence-corrected chi connectivity index (χ3v) is 11.5. The van der Waals surface area contributed by atoms with Gasteiger partial charge in [-0.05, 0) is 68.0 Å². The zero-order valence-electron chi connectivity index (χ0n) is 27.0. The van der Waals surface area contributed by atoms with Crippen LogP contribution in [0.4, 0.5) is 0 Å². The van der Waals surface area contributed by atoms with Gasteiger partial charge in [-0.25, -0.2) is 0 Å². The molecule has 0 saturated heterocycles. The molecule has 0 radical (unpaired) electrons. The Hall–Kier alpha value is -3.76. The number of amides is 4. The van der Waals surface area contributed by atoms with Crippen LogP contribution in [0.5, 0.6) is 0 Å². The maximum absolute atomic E-state index is 14.2. The van der Waals surface area contributed by atoms with Gasteiger partial charge in [-0.15, -0.1) is 11.3 Å². The smallest absolute Gasteiger partial charge is 0.262 e. The van der Waals surface area contributed by atoms with E-state index in [1.54, 1.807) is 0 Å². The number of thiophene rings is 1. The van der Waals surface area contributed by atoms with Crippen LogP contribution in [0.25, 0.3) is 10.1 Å². The third-order valence-electron chi connectivity index (χ3n) is 10.3. The quantitative estimate of drug-likeness (QED) is 0.214. The topological polar surface area (TPSA) is 142 Å². The molecule has 0 aliphatic heterocycles. The molecule has 4 amide bonds. The molecular formula is C37H47N5O4S. The van der Waals surface area contributed by atoms with E-state index in [2.05, 4.69) is 21.3 Å². The minimum absolute atomic E-state index is 0.00542. The van der Waals surface area contributed by atoms with E-state index in [9.17, 15) is 19.2 Å². The second-order valence-electron chi connectivity index (χ2n) is 13.7. The van der Waals surface area contributed by atoms with Crippen molar-refractivity contribution in [1.29, 1.82) is 0 Å². The number of hydrogen-bond donors (Lipinski definition) is 5. The lowest BCUT2D eigenvalue weighted by Crippen LogP contribution is -2.63. The highest BCUT2D eigenvalue weighted by Crippen LogP contribution is 2.32. The van der Waals surface area contributed by atoms with E-state index in [4.69, 9.17) is 5.73 Å². The van der Waals surface area contributed by atoms with E-state index in [0.717, 1.165) is 60.6 Å². The number of benzene rings is 2. The zero-order valence-corrected chi connectivity index (χ0v) is 27.8. The van der Waals surface area contributed by atoms with Crippen molar-refractivity contribution >= 4 is 45.1 Å². The lowest BCUT2D eigenvalue weighted by molar-refractivity contribution is -0.133. The molecule has 47 heavy (non-hydrogen) atoms. The monoisotopic (exact) mass is 657 g/mol. The molecule has 3 aliphatic carbocycles. The largest absolute Gasteiger partial charge is 0.352 e. The van der Waals surface area contributed by atoms with Gasteiger partial charge in [-0.1, -0.05) is 80.6 Å². The summed E-state index contributed by atoms with van der Waals surface area (Å²) in [5.41, 5.74) is 6.09. The van der Waals surface area contributed by atoms with Gasteiger partial charge in [0.1, 0.15) is 11.6 Å². The van der Waals surface area contributed by atoms with Gasteiger partial charge in [0.2, 0.25) is 17.7 Å². The van der Waals surface area contributed by atoms with Crippen LogP contribution >= 0.6 is 11.3 Å². The van der Waals surface area contributed by atoms with Crippen LogP contribution in [0.1, 0.15) is 92.3 Å². The maximum Gasteiger partial charge on any atom is 0.262 e. The highest BCUT2D eigenvalue weighted by molar-refractivity contribution is 7.20. The predicted octanol–water partition coefficient (Wildman–Crippen LogP) is 4.73. The second kappa shape index (κ2) is 15.0. The Morgan fingerprint density at radius 2 is 1.60 bits per heavy atom. The van der Waals surface area contributed by atoms with Crippen LogP contribution in [-0.2, 0) is 20.8 Å². The Morgan fingerprint density at radius 3 is 2.36 bits per heavy atom. The first kappa shape index (κ1) is 33.2. The first-order valence-corrected chi connectivity index (χ1v) is 18.1. The fourth-order valence-corrected chi connectivity index (χ4v) is 8.54. The molecule has 3 aromatic rings. The molecule has 3 fully saturated rings. The number of rotatable bonds is 10. The van der Waals surface area contributed by atoms with Gasteiger partial charge < -0.3 is 27.0 Å². The average Bonchev–Trinajstić information content (AvgIpc) is 3.74. The van der Waals surface area contributed by atoms with Crippen LogP contribution in [0.15, 0.2) is 60.7 Å². The lowest BCUT2D eigenvalue weighted by atomic mass is 9.80. The van der Waals surface area contributed by atoms with Gasteiger partial charge in [-0.3, -0.25) is 19.2 Å². The summed E-state index contributed by atoms with van der Waals surface area (Å²) in [6.45, 7) is 0. The molecule has 2 aromatic carbocycles. The number of fused-ring (bicyclic) bond motifs is 1. The van der Waals surface area contributed by atoms with Crippen LogP contribution < -0.4 is 27.0 Å². The van der Waals surface area contributed by atoms with Crippen LogP contribution in [0.2, 0.25) is 0 Å². The Bertz CT molecular complexity index is 1540. The summed E-state index contributed by atoms with van der Waals surface area (Å²) in [4.78, 5) is 55.3. The molecule has 9 nitrogen and oxygen atoms in total. The van der Waals surface area contributed by atoms with Crippen LogP contribution in [0.3, 0.4) is 0 Å². The van der Waals surface area contributed by atoms with Gasteiger partial charge >= 0.3 is 0 Å². The van der Waals surface area contributed by atoms with Gasteiger partial charge in [0.15, 0.2) is 0 Å². The third kappa shape index (κ3) is 8.04. The number of carbonyl (C=O) groups is 4. The van der Waals surface area contributed by atoms with E-state index in [1.165, 1.54) is 11.3 Å². The molecule has 6 rings (SSSR count). The van der Waals surface area contributed by atoms with E-state index in [1.807, 2.05) is 60.7 Å². The summed E-state index contributed by atoms with van der Waals surface area (Å²) in [5.74, 6) is -1.02. The van der Waals surface area contributed by atoms with Gasteiger partial charge in [0.05, 0.1) is 4.88 Å². The molecule has 3 aliphatic rings. The SMILES string of the molecule is N[C@@H]1CCCC[C@@H]1NC(=O)[C@@H]1CC[C@H](NC(=O)[C@@H](Cc2ccccc2)NC(=O)C2(NC(=O)c3cc4ccccc4s3)CCCCC2)C1. The summed E-state index contributed by atoms with van der Waals surface area (Å²) in [6.07, 6.45) is 9.92. The number of carbonyl (C=O) groups excluding carboxylic acids is 4. The van der Waals surface area contributed by atoms with Crippen molar-refractivity contribution in [3.05, 3.63) is 71.1 Å². The minimum atomic E-state index is -1.10. The van der Waals surface area contributed by atoms with Crippen molar-refractivity contribution < 1.29 is 19.2 Å². The second-order valence-corrected chi connectivity index (χ2v) is 14.8. The maximum atomic E-state index is 14.2. The minimum Gasteiger partial charge on any atom is -0.352 e. The van der Waals surface area contributed by atoms with Crippen molar-refractivity contribution in [3.63, 3.8) is 0 Å². The van der Waals surface area contributed by atoms with Gasteiger partial charge in [0.25, 0.3) is 5.91 Å². The van der Waals surface area contributed by atoms with E-state index >= 15 is 0 Å². The molecule has 5 atom stereocenters. The average molecular weight is 658 g/mol. The van der Waals surface area contributed by atoms with Crippen molar-refractivity contribution in [3.8, 4) is 0 Å². The first-order chi connectivity index (χ1) is 22.8. The lowest BCUT2D eigenvalue weighted by Gasteiger charge is -2.37. The summed E-state index contributed by atoms with van der Waals surface area (Å²) >= 11 is 1.41. The summed E-state index contributed by atoms with van der Waals surface area (Å²) in [5, 5.41) is 13.5. The Kier molecular flexibility index (Phi) is 10.6. The molecule has 0 bridgehead atoms. The number of hydrogen-bond acceptors (Lipinski definition) is 6. The van der Waals surface area contributed by atoms with Crippen molar-refractivity contribution in [2.24, 2.45) is 11.7 Å². The number of nitrogens with two attached hydrogens (primary N) is 1. The van der Waals surface area contributed by atoms with Crippen molar-refractivity contribution in [2.75, 3.05) is 0 Å². The van der Waals surface area contributed by atoms with E-state index < -0.39 is 11.6 Å². The Labute approximate surface area is 280 Å². The number of nitrogens with one attached hydrogen (secondary N) is 4. The van der Waals surface area contributed by atoms with E-state index in [-0.39, 0.29) is 47.7 Å². The molecule has 0 unspecified atom stereocenters. The molecular weight excluding hydrogens is 611 g/mol. The fourth-order valence-electron chi connectivity index (χ4n) is 7.58. The molecule has 0 spiro atoms. The highest BCUT2D eigenvalue weighted by atomic mass is 32.1. The molecule has 1 heterocycles. The predicted molar refractivity (Wildman–Crippen MR) is 185 cm³/mol. The van der Waals surface area contributed by atoms with Crippen LogP contribution in [-0.4, -0.2) is 53.3 Å². The standard InChI is InChI=1S/C37H47N5O4S/c38-28-14-6-7-15-29(28)40-33(43)26-17-18-27(22-26)39-34(44)30(21-24-11-3-1-4-12-24)41-36(46)37(19-9-2-10-20-37)42-35(45)32-23-25-13-5-8-16-31(25)47-32/h1,3-5,8,11-13,16,23,26-30H,2,6-7,9-10,14-15,17-22,38H2,(H,39,44)(H,40,43)(H,41,46)(H,42,45)/t26-,27+,28-,29+,30-/m1/s1. The van der Waals surface area contributed by atoms with E-state index in [0.29, 0.717) is 43.4 Å². The molecule has 1 aromatic heterocycles. The molecule has 250 valence electrons. The van der Waals surface area contributed by atoms with Crippen molar-refractivity contribution in [2.45, 2.75) is 113 Å². The molecule has 10 heteroatoms. The van der Waals surface area contributed by atoms with Gasteiger partial charge in [-0.2, -0.15) is 0 Å². The van der Waals surface area contributed by atoms with Gasteiger partial charge in [0, 0.05) is 35.2 Å².